The van der Waals surface area contributed by atoms with Gasteiger partial charge in [0.05, 0.1) is 18.1 Å². The van der Waals surface area contributed by atoms with Crippen LogP contribution in [0.5, 0.6) is 5.75 Å². The second kappa shape index (κ2) is 4.31. The molecule has 0 radical (unpaired) electrons. The molecule has 0 amide bonds. The van der Waals surface area contributed by atoms with Crippen LogP contribution in [0.15, 0.2) is 12.1 Å². The molecule has 3 heteroatoms. The summed E-state index contributed by atoms with van der Waals surface area (Å²) < 4.78 is 12.6. The molecular weight excluding hydrogens is 288 g/mol. The molecule has 2 saturated heterocycles. The molecule has 124 valence electrons. The Morgan fingerprint density at radius 1 is 1.26 bits per heavy atom. The molecule has 3 fully saturated rings. The Morgan fingerprint density at radius 3 is 2.87 bits per heavy atom. The molecule has 1 aromatic carbocycles. The van der Waals surface area contributed by atoms with Crippen LogP contribution in [0.25, 0.3) is 0 Å². The van der Waals surface area contributed by atoms with Crippen molar-refractivity contribution in [1.82, 2.24) is 0 Å². The van der Waals surface area contributed by atoms with Crippen molar-refractivity contribution >= 4 is 0 Å². The molecule has 5 bridgehead atoms. The lowest BCUT2D eigenvalue weighted by atomic mass is 9.46. The van der Waals surface area contributed by atoms with E-state index in [9.17, 15) is 5.11 Å². The van der Waals surface area contributed by atoms with Crippen LogP contribution >= 0.6 is 0 Å². The van der Waals surface area contributed by atoms with E-state index in [1.165, 1.54) is 24.0 Å². The smallest absolute Gasteiger partial charge is 0.168 e. The van der Waals surface area contributed by atoms with Gasteiger partial charge in [0.25, 0.3) is 0 Å². The summed E-state index contributed by atoms with van der Waals surface area (Å²) in [7, 11) is 0. The van der Waals surface area contributed by atoms with Crippen molar-refractivity contribution in [1.29, 1.82) is 0 Å². The third-order valence-electron chi connectivity index (χ3n) is 7.19. The van der Waals surface area contributed by atoms with Gasteiger partial charge in [-0.2, -0.15) is 0 Å². The summed E-state index contributed by atoms with van der Waals surface area (Å²) >= 11 is 0. The number of benzene rings is 1. The van der Waals surface area contributed by atoms with Crippen molar-refractivity contribution in [2.75, 3.05) is 6.61 Å². The van der Waals surface area contributed by atoms with Gasteiger partial charge < -0.3 is 14.6 Å². The molecule has 6 rings (SSSR count). The van der Waals surface area contributed by atoms with Crippen LogP contribution in [-0.2, 0) is 14.9 Å². The number of phenolic OH excluding ortho intramolecular Hbond substituents is 1. The van der Waals surface area contributed by atoms with Crippen LogP contribution in [-0.4, -0.2) is 18.0 Å². The average Bonchev–Trinajstić information content (AvgIpc) is 2.50. The number of hydrogen-bond acceptors (Lipinski definition) is 3. The van der Waals surface area contributed by atoms with Gasteiger partial charge in [0, 0.05) is 0 Å². The first kappa shape index (κ1) is 14.3. The molecule has 23 heavy (non-hydrogen) atoms. The maximum absolute atomic E-state index is 10.6. The number of phenols is 1. The van der Waals surface area contributed by atoms with Crippen molar-refractivity contribution in [2.45, 2.75) is 70.2 Å². The van der Waals surface area contributed by atoms with E-state index in [1.54, 1.807) is 0 Å². The Labute approximate surface area is 138 Å². The first-order valence-corrected chi connectivity index (χ1v) is 9.10. The lowest BCUT2D eigenvalue weighted by molar-refractivity contribution is -0.333. The predicted octanol–water partition coefficient (Wildman–Crippen LogP) is 4.39. The number of ether oxygens (including phenoxy) is 2. The largest absolute Gasteiger partial charge is 0.508 e. The van der Waals surface area contributed by atoms with E-state index in [1.807, 2.05) is 0 Å². The van der Waals surface area contributed by atoms with Crippen molar-refractivity contribution < 1.29 is 14.6 Å². The standard InChI is InChI=1S/C20H26O3/c1-11(2)12-7-13-14(8-15(12)21)20-6-4-5-19(3)10-22-18(20)23-16(13)9-17(19)20/h7-8,11,16-18,21H,4-6,9-10H2,1-3H3/t16-,17-,18+,19+,20-/m0/s1. The van der Waals surface area contributed by atoms with Crippen molar-refractivity contribution in [3.63, 3.8) is 0 Å². The van der Waals surface area contributed by atoms with Gasteiger partial charge in [0.2, 0.25) is 0 Å². The monoisotopic (exact) mass is 314 g/mol. The van der Waals surface area contributed by atoms with Gasteiger partial charge in [-0.25, -0.2) is 0 Å². The molecule has 3 nitrogen and oxygen atoms in total. The third-order valence-corrected chi connectivity index (χ3v) is 7.19. The van der Waals surface area contributed by atoms with Gasteiger partial charge in [-0.15, -0.1) is 0 Å². The molecule has 5 aliphatic rings. The highest BCUT2D eigenvalue weighted by Crippen LogP contribution is 2.68. The van der Waals surface area contributed by atoms with Crippen LogP contribution in [0.2, 0.25) is 0 Å². The molecule has 5 atom stereocenters. The highest BCUT2D eigenvalue weighted by molar-refractivity contribution is 5.52. The van der Waals surface area contributed by atoms with Gasteiger partial charge in [-0.05, 0) is 65.3 Å². The molecule has 0 aromatic heterocycles. The lowest BCUT2D eigenvalue weighted by Crippen LogP contribution is -2.67. The quantitative estimate of drug-likeness (QED) is 0.835. The molecular formula is C20H26O3. The van der Waals surface area contributed by atoms with Gasteiger partial charge in [-0.3, -0.25) is 0 Å². The van der Waals surface area contributed by atoms with Crippen molar-refractivity contribution in [3.8, 4) is 5.75 Å². The number of aromatic hydroxyl groups is 1. The van der Waals surface area contributed by atoms with E-state index in [-0.39, 0.29) is 23.2 Å². The minimum Gasteiger partial charge on any atom is -0.508 e. The molecule has 1 saturated carbocycles. The van der Waals surface area contributed by atoms with Gasteiger partial charge in [0.1, 0.15) is 5.75 Å². The van der Waals surface area contributed by atoms with Gasteiger partial charge >= 0.3 is 0 Å². The van der Waals surface area contributed by atoms with Crippen LogP contribution in [0.1, 0.15) is 75.2 Å². The zero-order valence-electron chi connectivity index (χ0n) is 14.3. The SMILES string of the molecule is CC(C)c1cc2c(cc1O)[C@]13CCC[C@]4(C)CO[C@@H]1O[C@H]2C[C@@H]43. The molecule has 2 aliphatic carbocycles. The van der Waals surface area contributed by atoms with Gasteiger partial charge in [-0.1, -0.05) is 27.2 Å². The Kier molecular flexibility index (Phi) is 2.68. The minimum absolute atomic E-state index is 0.0394. The highest BCUT2D eigenvalue weighted by atomic mass is 16.7. The first-order valence-electron chi connectivity index (χ1n) is 9.10. The molecule has 3 heterocycles. The van der Waals surface area contributed by atoms with Crippen LogP contribution in [0.3, 0.4) is 0 Å². The van der Waals surface area contributed by atoms with E-state index in [0.29, 0.717) is 17.6 Å². The summed E-state index contributed by atoms with van der Waals surface area (Å²) in [5.74, 6) is 1.40. The van der Waals surface area contributed by atoms with E-state index < -0.39 is 0 Å². The Balaban J connectivity index is 1.75. The molecule has 1 aromatic rings. The van der Waals surface area contributed by atoms with Crippen LogP contribution in [0, 0.1) is 11.3 Å². The summed E-state index contributed by atoms with van der Waals surface area (Å²) in [5, 5.41) is 10.6. The number of rotatable bonds is 1. The van der Waals surface area contributed by atoms with Gasteiger partial charge in [0.15, 0.2) is 6.29 Å². The molecule has 1 N–H and O–H groups in total. The third kappa shape index (κ3) is 1.58. The first-order chi connectivity index (χ1) is 11.0. The maximum atomic E-state index is 10.6. The summed E-state index contributed by atoms with van der Waals surface area (Å²) in [4.78, 5) is 0. The van der Waals surface area contributed by atoms with E-state index in [2.05, 4.69) is 32.9 Å². The fourth-order valence-electron chi connectivity index (χ4n) is 6.10. The van der Waals surface area contributed by atoms with Crippen LogP contribution in [0.4, 0.5) is 0 Å². The van der Waals surface area contributed by atoms with Crippen molar-refractivity contribution in [2.24, 2.45) is 11.3 Å². The predicted molar refractivity (Wildman–Crippen MR) is 87.5 cm³/mol. The molecule has 0 unspecified atom stereocenters. The second-order valence-electron chi connectivity index (χ2n) is 8.76. The fraction of sp³-hybridized carbons (Fsp3) is 0.700. The normalized spacial score (nSPS) is 43.6. The summed E-state index contributed by atoms with van der Waals surface area (Å²) in [6, 6.07) is 4.27. The zero-order valence-corrected chi connectivity index (χ0v) is 14.3. The Bertz CT molecular complexity index is 682. The average molecular weight is 314 g/mol. The Hall–Kier alpha value is -1.06. The Morgan fingerprint density at radius 2 is 2.09 bits per heavy atom. The fourth-order valence-corrected chi connectivity index (χ4v) is 6.10. The van der Waals surface area contributed by atoms with Crippen molar-refractivity contribution in [3.05, 3.63) is 28.8 Å². The minimum atomic E-state index is -0.114. The van der Waals surface area contributed by atoms with Crippen LogP contribution < -0.4 is 0 Å². The summed E-state index contributed by atoms with van der Waals surface area (Å²) in [6.07, 6.45) is 4.75. The second-order valence-corrected chi connectivity index (χ2v) is 8.76. The van der Waals surface area contributed by atoms with E-state index in [4.69, 9.17) is 9.47 Å². The zero-order chi connectivity index (χ0) is 16.0. The summed E-state index contributed by atoms with van der Waals surface area (Å²) in [6.45, 7) is 7.49. The lowest BCUT2D eigenvalue weighted by Gasteiger charge is -2.67. The van der Waals surface area contributed by atoms with E-state index >= 15 is 0 Å². The van der Waals surface area contributed by atoms with E-state index in [0.717, 1.165) is 25.0 Å². The molecule has 1 spiro atoms. The molecule has 3 aliphatic heterocycles. The number of hydrogen-bond donors (Lipinski definition) is 1. The topological polar surface area (TPSA) is 38.7 Å². The summed E-state index contributed by atoms with van der Waals surface area (Å²) in [5.41, 5.74) is 3.90. The maximum Gasteiger partial charge on any atom is 0.168 e. The highest BCUT2D eigenvalue weighted by Gasteiger charge is 2.67.